The molecule has 1 N–H and O–H groups in total. The van der Waals surface area contributed by atoms with Crippen molar-refractivity contribution in [1.29, 1.82) is 0 Å². The number of pyridine rings is 1. The van der Waals surface area contributed by atoms with Gasteiger partial charge in [0.2, 0.25) is 0 Å². The third kappa shape index (κ3) is 4.48. The lowest BCUT2D eigenvalue weighted by atomic mass is 10.1. The number of carbonyl (C=O) groups is 1. The minimum Gasteiger partial charge on any atom is -0.497 e. The number of carbonyl (C=O) groups excluding carboxylic acids is 1. The average Bonchev–Trinajstić information content (AvgIpc) is 3.23. The molecule has 0 saturated heterocycles. The molecule has 2 aromatic heterocycles. The fraction of sp³-hybridized carbons (Fsp3) is 0.160. The van der Waals surface area contributed by atoms with Gasteiger partial charge in [-0.15, -0.1) is 0 Å². The molecule has 0 spiro atoms. The van der Waals surface area contributed by atoms with Gasteiger partial charge in [-0.1, -0.05) is 17.7 Å². The second-order valence-electron chi connectivity index (χ2n) is 7.38. The number of ether oxygens (including phenoxy) is 1. The summed E-state index contributed by atoms with van der Waals surface area (Å²) in [5.74, 6) is 0.580. The maximum absolute atomic E-state index is 13.1. The van der Waals surface area contributed by atoms with Gasteiger partial charge in [0, 0.05) is 24.5 Å². The molecule has 0 aliphatic heterocycles. The number of aromatic nitrogens is 3. The summed E-state index contributed by atoms with van der Waals surface area (Å²) in [7, 11) is 1.63. The molecule has 0 aliphatic rings. The summed E-state index contributed by atoms with van der Waals surface area (Å²) in [6.45, 7) is 4.48. The lowest BCUT2D eigenvalue weighted by molar-refractivity contribution is 0.0943. The summed E-state index contributed by atoms with van der Waals surface area (Å²) in [6, 6.07) is 19.3. The zero-order valence-corrected chi connectivity index (χ0v) is 17.8. The molecule has 0 aliphatic carbocycles. The second-order valence-corrected chi connectivity index (χ2v) is 7.38. The van der Waals surface area contributed by atoms with Crippen LogP contribution in [0.15, 0.2) is 73.1 Å². The Morgan fingerprint density at radius 2 is 1.74 bits per heavy atom. The highest BCUT2D eigenvalue weighted by atomic mass is 16.5. The van der Waals surface area contributed by atoms with Crippen molar-refractivity contribution in [3.05, 3.63) is 95.4 Å². The molecule has 4 rings (SSSR count). The van der Waals surface area contributed by atoms with Crippen LogP contribution in [0.25, 0.3) is 16.9 Å². The van der Waals surface area contributed by atoms with E-state index in [0.717, 1.165) is 39.4 Å². The van der Waals surface area contributed by atoms with Gasteiger partial charge in [-0.25, -0.2) is 4.68 Å². The van der Waals surface area contributed by atoms with E-state index >= 15 is 0 Å². The highest BCUT2D eigenvalue weighted by Crippen LogP contribution is 2.25. The van der Waals surface area contributed by atoms with Crippen molar-refractivity contribution in [1.82, 2.24) is 20.1 Å². The molecule has 0 fully saturated rings. The summed E-state index contributed by atoms with van der Waals surface area (Å²) in [4.78, 5) is 17.1. The zero-order chi connectivity index (χ0) is 21.8. The van der Waals surface area contributed by atoms with Crippen molar-refractivity contribution in [3.63, 3.8) is 0 Å². The van der Waals surface area contributed by atoms with Gasteiger partial charge in [0.05, 0.1) is 18.5 Å². The number of benzene rings is 2. The molecule has 0 unspecified atom stereocenters. The molecule has 6 heteroatoms. The Hall–Kier alpha value is -3.93. The van der Waals surface area contributed by atoms with Crippen LogP contribution in [0, 0.1) is 13.8 Å². The quantitative estimate of drug-likeness (QED) is 0.507. The Balaban J connectivity index is 1.72. The van der Waals surface area contributed by atoms with E-state index < -0.39 is 0 Å². The minimum atomic E-state index is -0.191. The first-order valence-electron chi connectivity index (χ1n) is 10.0. The summed E-state index contributed by atoms with van der Waals surface area (Å²) < 4.78 is 6.97. The van der Waals surface area contributed by atoms with E-state index in [1.807, 2.05) is 68.4 Å². The van der Waals surface area contributed by atoms with Gasteiger partial charge in [-0.3, -0.25) is 9.78 Å². The van der Waals surface area contributed by atoms with Crippen molar-refractivity contribution in [2.75, 3.05) is 7.11 Å². The highest BCUT2D eigenvalue weighted by Gasteiger charge is 2.19. The second kappa shape index (κ2) is 8.83. The number of hydrogen-bond donors (Lipinski definition) is 1. The van der Waals surface area contributed by atoms with Gasteiger partial charge in [0.25, 0.3) is 5.91 Å². The Bertz CT molecular complexity index is 1200. The standard InChI is InChI=1S/C25H24N4O2/c1-17-4-9-23(18(2)14-17)29-24(25(30)27-16-19-10-12-26-13-11-19)15-22(28-29)20-5-7-21(31-3)8-6-20/h4-15H,16H2,1-3H3,(H,27,30). The first-order valence-corrected chi connectivity index (χ1v) is 10.0. The highest BCUT2D eigenvalue weighted by molar-refractivity contribution is 5.94. The van der Waals surface area contributed by atoms with Crippen molar-refractivity contribution < 1.29 is 9.53 Å². The van der Waals surface area contributed by atoms with Crippen LogP contribution in [0.4, 0.5) is 0 Å². The molecule has 2 aromatic carbocycles. The molecule has 2 heterocycles. The van der Waals surface area contributed by atoms with E-state index in [-0.39, 0.29) is 5.91 Å². The molecule has 0 atom stereocenters. The number of nitrogens with zero attached hydrogens (tertiary/aromatic N) is 3. The number of nitrogens with one attached hydrogen (secondary N) is 1. The maximum Gasteiger partial charge on any atom is 0.270 e. The van der Waals surface area contributed by atoms with Crippen molar-refractivity contribution in [3.8, 4) is 22.7 Å². The van der Waals surface area contributed by atoms with Crippen LogP contribution < -0.4 is 10.1 Å². The third-order valence-corrected chi connectivity index (χ3v) is 5.11. The normalized spacial score (nSPS) is 10.7. The molecule has 31 heavy (non-hydrogen) atoms. The van der Waals surface area contributed by atoms with Crippen LogP contribution in [0.5, 0.6) is 5.75 Å². The van der Waals surface area contributed by atoms with E-state index in [9.17, 15) is 4.79 Å². The van der Waals surface area contributed by atoms with Gasteiger partial charge in [0.15, 0.2) is 0 Å². The Morgan fingerprint density at radius 3 is 2.42 bits per heavy atom. The average molecular weight is 412 g/mol. The summed E-state index contributed by atoms with van der Waals surface area (Å²) in [5, 5.41) is 7.77. The largest absolute Gasteiger partial charge is 0.497 e. The van der Waals surface area contributed by atoms with Gasteiger partial charge in [0.1, 0.15) is 11.4 Å². The first-order chi connectivity index (χ1) is 15.0. The fourth-order valence-corrected chi connectivity index (χ4v) is 3.45. The molecule has 0 radical (unpaired) electrons. The van der Waals surface area contributed by atoms with Crippen LogP contribution in [-0.2, 0) is 6.54 Å². The smallest absolute Gasteiger partial charge is 0.270 e. The molecule has 0 bridgehead atoms. The molecular formula is C25H24N4O2. The predicted octanol–water partition coefficient (Wildman–Crippen LogP) is 4.49. The minimum absolute atomic E-state index is 0.191. The summed E-state index contributed by atoms with van der Waals surface area (Å²) >= 11 is 0. The number of amides is 1. The van der Waals surface area contributed by atoms with Crippen molar-refractivity contribution in [2.24, 2.45) is 0 Å². The topological polar surface area (TPSA) is 69.0 Å². The SMILES string of the molecule is COc1ccc(-c2cc(C(=O)NCc3ccncc3)n(-c3ccc(C)cc3C)n2)cc1. The van der Waals surface area contributed by atoms with E-state index in [4.69, 9.17) is 9.84 Å². The zero-order valence-electron chi connectivity index (χ0n) is 17.8. The van der Waals surface area contributed by atoms with Gasteiger partial charge < -0.3 is 10.1 Å². The lowest BCUT2D eigenvalue weighted by Gasteiger charge is -2.11. The number of hydrogen-bond acceptors (Lipinski definition) is 4. The lowest BCUT2D eigenvalue weighted by Crippen LogP contribution is -2.25. The Kier molecular flexibility index (Phi) is 5.80. The van der Waals surface area contributed by atoms with E-state index in [0.29, 0.717) is 12.2 Å². The Morgan fingerprint density at radius 1 is 1.00 bits per heavy atom. The third-order valence-electron chi connectivity index (χ3n) is 5.11. The number of methoxy groups -OCH3 is 1. The molecule has 0 saturated carbocycles. The van der Waals surface area contributed by atoms with Crippen LogP contribution >= 0.6 is 0 Å². The van der Waals surface area contributed by atoms with E-state index in [1.165, 1.54) is 0 Å². The van der Waals surface area contributed by atoms with Gasteiger partial charge in [-0.2, -0.15) is 5.10 Å². The van der Waals surface area contributed by atoms with Crippen molar-refractivity contribution in [2.45, 2.75) is 20.4 Å². The van der Waals surface area contributed by atoms with E-state index in [2.05, 4.69) is 16.4 Å². The van der Waals surface area contributed by atoms with Crippen molar-refractivity contribution >= 4 is 5.91 Å². The van der Waals surface area contributed by atoms with Crippen LogP contribution in [-0.4, -0.2) is 27.8 Å². The summed E-state index contributed by atoms with van der Waals surface area (Å²) in [6.07, 6.45) is 3.42. The summed E-state index contributed by atoms with van der Waals surface area (Å²) in [5.41, 5.74) is 6.17. The molecule has 1 amide bonds. The van der Waals surface area contributed by atoms with Crippen LogP contribution in [0.3, 0.4) is 0 Å². The predicted molar refractivity (Wildman–Crippen MR) is 120 cm³/mol. The Labute approximate surface area is 181 Å². The molecule has 156 valence electrons. The molecule has 6 nitrogen and oxygen atoms in total. The monoisotopic (exact) mass is 412 g/mol. The molecular weight excluding hydrogens is 388 g/mol. The van der Waals surface area contributed by atoms with E-state index in [1.54, 1.807) is 24.2 Å². The molecule has 4 aromatic rings. The van der Waals surface area contributed by atoms with Gasteiger partial charge in [-0.05, 0) is 73.5 Å². The fourth-order valence-electron chi connectivity index (χ4n) is 3.45. The number of rotatable bonds is 6. The first kappa shape index (κ1) is 20.3. The van der Waals surface area contributed by atoms with Crippen LogP contribution in [0.2, 0.25) is 0 Å². The van der Waals surface area contributed by atoms with Gasteiger partial charge >= 0.3 is 0 Å². The number of aryl methyl sites for hydroxylation is 2. The van der Waals surface area contributed by atoms with Crippen LogP contribution in [0.1, 0.15) is 27.2 Å². The maximum atomic E-state index is 13.1.